The van der Waals surface area contributed by atoms with Gasteiger partial charge in [-0.3, -0.25) is 4.79 Å². The molecule has 1 saturated heterocycles. The first-order valence-electron chi connectivity index (χ1n) is 9.61. The Morgan fingerprint density at radius 1 is 1.25 bits per heavy atom. The number of amides is 1. The highest BCUT2D eigenvalue weighted by molar-refractivity contribution is 7.88. The lowest BCUT2D eigenvalue weighted by atomic mass is 9.97. The standard InChI is InChI=1S/C20H30N4O3S/c1-22(2)19(17-14-23(3)18-8-6-5-7-16(17)18)13-21-20(25)15-9-11-24(12-10-15)28(4,26)27/h5-8,14-15,19H,9-13H2,1-4H3,(H,21,25)/t19-/m0/s1. The second kappa shape index (κ2) is 8.23. The van der Waals surface area contributed by atoms with Crippen molar-refractivity contribution in [3.63, 3.8) is 0 Å². The molecule has 1 aromatic carbocycles. The van der Waals surface area contributed by atoms with Crippen molar-refractivity contribution in [3.05, 3.63) is 36.0 Å². The van der Waals surface area contributed by atoms with Gasteiger partial charge in [0.1, 0.15) is 0 Å². The van der Waals surface area contributed by atoms with Gasteiger partial charge in [-0.15, -0.1) is 0 Å². The molecular weight excluding hydrogens is 376 g/mol. The third kappa shape index (κ3) is 4.39. The predicted molar refractivity (Wildman–Crippen MR) is 111 cm³/mol. The Morgan fingerprint density at radius 2 is 1.89 bits per heavy atom. The number of likely N-dealkylation sites (N-methyl/N-ethyl adjacent to an activating group) is 1. The molecule has 154 valence electrons. The number of fused-ring (bicyclic) bond motifs is 1. The number of benzene rings is 1. The molecule has 1 fully saturated rings. The van der Waals surface area contributed by atoms with Crippen LogP contribution in [0.3, 0.4) is 0 Å². The van der Waals surface area contributed by atoms with E-state index in [-0.39, 0.29) is 17.9 Å². The smallest absolute Gasteiger partial charge is 0.223 e. The number of piperidine rings is 1. The Labute approximate surface area is 167 Å². The lowest BCUT2D eigenvalue weighted by Crippen LogP contribution is -2.44. The summed E-state index contributed by atoms with van der Waals surface area (Å²) in [5, 5.41) is 4.30. The highest BCUT2D eigenvalue weighted by Crippen LogP contribution is 2.28. The van der Waals surface area contributed by atoms with Gasteiger partial charge >= 0.3 is 0 Å². The molecule has 0 unspecified atom stereocenters. The summed E-state index contributed by atoms with van der Waals surface area (Å²) >= 11 is 0. The molecule has 1 aliphatic heterocycles. The van der Waals surface area contributed by atoms with Crippen molar-refractivity contribution in [1.82, 2.24) is 19.1 Å². The molecular formula is C20H30N4O3S. The maximum absolute atomic E-state index is 12.7. The number of aromatic nitrogens is 1. The van der Waals surface area contributed by atoms with Crippen LogP contribution in [0.5, 0.6) is 0 Å². The van der Waals surface area contributed by atoms with Crippen LogP contribution >= 0.6 is 0 Å². The number of rotatable bonds is 6. The van der Waals surface area contributed by atoms with Gasteiger partial charge in [0.25, 0.3) is 0 Å². The number of aryl methyl sites for hydroxylation is 1. The monoisotopic (exact) mass is 406 g/mol. The van der Waals surface area contributed by atoms with Gasteiger partial charge in [0.05, 0.1) is 12.3 Å². The first kappa shape index (κ1) is 20.8. The molecule has 0 aliphatic carbocycles. The zero-order chi connectivity index (χ0) is 20.5. The van der Waals surface area contributed by atoms with E-state index >= 15 is 0 Å². The van der Waals surface area contributed by atoms with Crippen molar-refractivity contribution in [2.24, 2.45) is 13.0 Å². The number of nitrogens with zero attached hydrogens (tertiary/aromatic N) is 3. The third-order valence-corrected chi connectivity index (χ3v) is 6.98. The van der Waals surface area contributed by atoms with E-state index in [1.807, 2.05) is 33.3 Å². The minimum absolute atomic E-state index is 0.0141. The van der Waals surface area contributed by atoms with Crippen LogP contribution < -0.4 is 5.32 Å². The quantitative estimate of drug-likeness (QED) is 0.790. The summed E-state index contributed by atoms with van der Waals surface area (Å²) in [6.45, 7) is 1.35. The lowest BCUT2D eigenvalue weighted by Gasteiger charge is -2.30. The van der Waals surface area contributed by atoms with Crippen LogP contribution in [-0.4, -0.2) is 68.1 Å². The fraction of sp³-hybridized carbons (Fsp3) is 0.550. The zero-order valence-electron chi connectivity index (χ0n) is 17.1. The molecule has 7 nitrogen and oxygen atoms in total. The van der Waals surface area contributed by atoms with E-state index in [0.29, 0.717) is 32.5 Å². The number of para-hydroxylation sites is 1. The van der Waals surface area contributed by atoms with Gasteiger partial charge in [-0.1, -0.05) is 18.2 Å². The maximum atomic E-state index is 12.7. The Bertz CT molecular complexity index is 944. The zero-order valence-corrected chi connectivity index (χ0v) is 17.9. The molecule has 1 atom stereocenters. The minimum Gasteiger partial charge on any atom is -0.354 e. The van der Waals surface area contributed by atoms with E-state index in [1.165, 1.54) is 27.0 Å². The summed E-state index contributed by atoms with van der Waals surface area (Å²) in [7, 11) is 2.89. The van der Waals surface area contributed by atoms with Crippen LogP contribution in [0.4, 0.5) is 0 Å². The van der Waals surface area contributed by atoms with E-state index in [1.54, 1.807) is 0 Å². The van der Waals surface area contributed by atoms with Crippen LogP contribution in [-0.2, 0) is 21.9 Å². The molecule has 0 bridgehead atoms. The van der Waals surface area contributed by atoms with Crippen molar-refractivity contribution < 1.29 is 13.2 Å². The fourth-order valence-electron chi connectivity index (χ4n) is 4.00. The molecule has 2 aromatic rings. The lowest BCUT2D eigenvalue weighted by molar-refractivity contribution is -0.126. The van der Waals surface area contributed by atoms with Gasteiger partial charge in [-0.05, 0) is 38.6 Å². The molecule has 28 heavy (non-hydrogen) atoms. The SMILES string of the molecule is CN(C)[C@@H](CNC(=O)C1CCN(S(C)(=O)=O)CC1)c1cn(C)c2ccccc12. The van der Waals surface area contributed by atoms with E-state index < -0.39 is 10.0 Å². The molecule has 1 N–H and O–H groups in total. The number of carbonyl (C=O) groups excluding carboxylic acids is 1. The number of nitrogens with one attached hydrogen (secondary N) is 1. The Hall–Kier alpha value is -1.90. The van der Waals surface area contributed by atoms with Gasteiger partial charge in [0.2, 0.25) is 15.9 Å². The van der Waals surface area contributed by atoms with Crippen LogP contribution in [0.25, 0.3) is 10.9 Å². The summed E-state index contributed by atoms with van der Waals surface area (Å²) in [6, 6.07) is 8.34. The number of sulfonamides is 1. The summed E-state index contributed by atoms with van der Waals surface area (Å²) < 4.78 is 26.8. The van der Waals surface area contributed by atoms with E-state index in [9.17, 15) is 13.2 Å². The topological polar surface area (TPSA) is 74.7 Å². The molecule has 8 heteroatoms. The van der Waals surface area contributed by atoms with Crippen molar-refractivity contribution >= 4 is 26.8 Å². The number of carbonyl (C=O) groups is 1. The predicted octanol–water partition coefficient (Wildman–Crippen LogP) is 1.57. The normalized spacial score (nSPS) is 17.9. The summed E-state index contributed by atoms with van der Waals surface area (Å²) in [6.07, 6.45) is 4.49. The first-order chi connectivity index (χ1) is 13.2. The van der Waals surface area contributed by atoms with Crippen LogP contribution in [0.2, 0.25) is 0 Å². The minimum atomic E-state index is -3.17. The Morgan fingerprint density at radius 3 is 2.50 bits per heavy atom. The van der Waals surface area contributed by atoms with E-state index in [0.717, 1.165) is 0 Å². The Balaban J connectivity index is 1.67. The number of hydrogen-bond acceptors (Lipinski definition) is 4. The molecule has 0 saturated carbocycles. The first-order valence-corrected chi connectivity index (χ1v) is 11.5. The van der Waals surface area contributed by atoms with Crippen molar-refractivity contribution in [2.75, 3.05) is 40.0 Å². The molecule has 3 rings (SSSR count). The van der Waals surface area contributed by atoms with Gasteiger partial charge in [-0.2, -0.15) is 0 Å². The van der Waals surface area contributed by atoms with E-state index in [4.69, 9.17) is 0 Å². The van der Waals surface area contributed by atoms with Gasteiger partial charge < -0.3 is 14.8 Å². The summed E-state index contributed by atoms with van der Waals surface area (Å²) in [4.78, 5) is 14.8. The third-order valence-electron chi connectivity index (χ3n) is 5.67. The second-order valence-electron chi connectivity index (χ2n) is 7.87. The molecule has 0 spiro atoms. The highest BCUT2D eigenvalue weighted by Gasteiger charge is 2.29. The van der Waals surface area contributed by atoms with Gasteiger partial charge in [-0.25, -0.2) is 12.7 Å². The largest absolute Gasteiger partial charge is 0.354 e. The second-order valence-corrected chi connectivity index (χ2v) is 9.86. The summed E-state index contributed by atoms with van der Waals surface area (Å²) in [5.74, 6) is -0.117. The van der Waals surface area contributed by atoms with Crippen molar-refractivity contribution in [3.8, 4) is 0 Å². The summed E-state index contributed by atoms with van der Waals surface area (Å²) in [5.41, 5.74) is 2.36. The molecule has 2 heterocycles. The number of hydrogen-bond donors (Lipinski definition) is 1. The average molecular weight is 407 g/mol. The molecule has 0 radical (unpaired) electrons. The average Bonchev–Trinajstić information content (AvgIpc) is 2.98. The van der Waals surface area contributed by atoms with E-state index in [2.05, 4.69) is 33.1 Å². The highest BCUT2D eigenvalue weighted by atomic mass is 32.2. The van der Waals surface area contributed by atoms with Crippen molar-refractivity contribution in [1.29, 1.82) is 0 Å². The molecule has 1 aliphatic rings. The Kier molecular flexibility index (Phi) is 6.12. The van der Waals surface area contributed by atoms with Crippen LogP contribution in [0.1, 0.15) is 24.4 Å². The maximum Gasteiger partial charge on any atom is 0.223 e. The van der Waals surface area contributed by atoms with Gasteiger partial charge in [0.15, 0.2) is 0 Å². The van der Waals surface area contributed by atoms with Crippen LogP contribution in [0.15, 0.2) is 30.5 Å². The van der Waals surface area contributed by atoms with Gasteiger partial charge in [0, 0.05) is 49.7 Å². The molecule has 1 aromatic heterocycles. The molecule has 1 amide bonds. The van der Waals surface area contributed by atoms with Crippen molar-refractivity contribution in [2.45, 2.75) is 18.9 Å². The van der Waals surface area contributed by atoms with Crippen LogP contribution in [0, 0.1) is 5.92 Å². The fourth-order valence-corrected chi connectivity index (χ4v) is 4.87.